The third-order valence-corrected chi connectivity index (χ3v) is 3.59. The van der Waals surface area contributed by atoms with Crippen LogP contribution in [0.1, 0.15) is 13.3 Å². The molecule has 1 rings (SSSR count). The van der Waals surface area contributed by atoms with Crippen LogP contribution >= 0.6 is 11.8 Å². The lowest BCUT2D eigenvalue weighted by Gasteiger charge is -2.37. The third-order valence-electron chi connectivity index (χ3n) is 2.32. The first kappa shape index (κ1) is 11.3. The molecule has 0 aromatic heterocycles. The second-order valence-electron chi connectivity index (χ2n) is 3.85. The number of thioether (sulfide) groups is 1. The summed E-state index contributed by atoms with van der Waals surface area (Å²) in [5, 5.41) is 12.5. The van der Waals surface area contributed by atoms with Crippen LogP contribution in [0.4, 0.5) is 0 Å². The van der Waals surface area contributed by atoms with E-state index >= 15 is 0 Å². The van der Waals surface area contributed by atoms with Crippen LogP contribution < -0.4 is 5.32 Å². The molecule has 1 atom stereocenters. The van der Waals surface area contributed by atoms with Crippen LogP contribution in [0.5, 0.6) is 0 Å². The zero-order chi connectivity index (χ0) is 9.73. The highest BCUT2D eigenvalue weighted by Gasteiger charge is 2.29. The van der Waals surface area contributed by atoms with Crippen molar-refractivity contribution in [2.45, 2.75) is 24.9 Å². The zero-order valence-corrected chi connectivity index (χ0v) is 9.19. The summed E-state index contributed by atoms with van der Waals surface area (Å²) in [4.78, 5) is 0. The molecule has 1 heterocycles. The van der Waals surface area contributed by atoms with E-state index in [0.29, 0.717) is 12.6 Å². The van der Waals surface area contributed by atoms with Crippen molar-refractivity contribution in [2.24, 2.45) is 0 Å². The summed E-state index contributed by atoms with van der Waals surface area (Å²) >= 11 is 1.96. The van der Waals surface area contributed by atoms with Gasteiger partial charge in [-0.2, -0.15) is 11.8 Å². The van der Waals surface area contributed by atoms with Crippen molar-refractivity contribution >= 4 is 11.8 Å². The maximum absolute atomic E-state index is 8.93. The summed E-state index contributed by atoms with van der Waals surface area (Å²) in [5.41, 5.74) is -0.0604. The van der Waals surface area contributed by atoms with Crippen LogP contribution in [0.25, 0.3) is 0 Å². The Morgan fingerprint density at radius 1 is 1.62 bits per heavy atom. The standard InChI is InChI=1S/C9H19NO2S/c1-9(3-4-11,7-12-2)10-8-5-13-6-8/h8,10-11H,3-7H2,1-2H3. The molecule has 1 aliphatic rings. The fraction of sp³-hybridized carbons (Fsp3) is 1.00. The first-order chi connectivity index (χ1) is 6.20. The molecule has 0 aromatic rings. The predicted molar refractivity (Wildman–Crippen MR) is 56.2 cm³/mol. The van der Waals surface area contributed by atoms with Crippen LogP contribution in [0.15, 0.2) is 0 Å². The van der Waals surface area contributed by atoms with Crippen molar-refractivity contribution in [3.63, 3.8) is 0 Å². The van der Waals surface area contributed by atoms with Gasteiger partial charge in [0.1, 0.15) is 0 Å². The number of hydrogen-bond donors (Lipinski definition) is 2. The van der Waals surface area contributed by atoms with Crippen LogP contribution in [-0.4, -0.2) is 48.5 Å². The average Bonchev–Trinajstić information content (AvgIpc) is 1.98. The van der Waals surface area contributed by atoms with Gasteiger partial charge in [-0.05, 0) is 13.3 Å². The van der Waals surface area contributed by atoms with Gasteiger partial charge >= 0.3 is 0 Å². The molecule has 13 heavy (non-hydrogen) atoms. The van der Waals surface area contributed by atoms with E-state index in [-0.39, 0.29) is 12.1 Å². The van der Waals surface area contributed by atoms with Crippen molar-refractivity contribution in [1.29, 1.82) is 0 Å². The molecule has 1 saturated heterocycles. The number of aliphatic hydroxyl groups is 1. The van der Waals surface area contributed by atoms with Crippen molar-refractivity contribution < 1.29 is 9.84 Å². The molecular formula is C9H19NO2S. The molecule has 78 valence electrons. The summed E-state index contributed by atoms with van der Waals surface area (Å²) < 4.78 is 5.15. The average molecular weight is 205 g/mol. The minimum absolute atomic E-state index is 0.0604. The smallest absolute Gasteiger partial charge is 0.0642 e. The number of nitrogens with one attached hydrogen (secondary N) is 1. The van der Waals surface area contributed by atoms with E-state index in [1.807, 2.05) is 11.8 Å². The van der Waals surface area contributed by atoms with Gasteiger partial charge in [-0.1, -0.05) is 0 Å². The van der Waals surface area contributed by atoms with Crippen LogP contribution in [0, 0.1) is 0 Å². The summed E-state index contributed by atoms with van der Waals surface area (Å²) in [6.45, 7) is 2.98. The molecule has 0 bridgehead atoms. The summed E-state index contributed by atoms with van der Waals surface area (Å²) in [5.74, 6) is 2.37. The molecular weight excluding hydrogens is 186 g/mol. The van der Waals surface area contributed by atoms with Gasteiger partial charge in [-0.15, -0.1) is 0 Å². The lowest BCUT2D eigenvalue weighted by atomic mass is 9.98. The molecule has 0 aromatic carbocycles. The highest BCUT2D eigenvalue weighted by Crippen LogP contribution is 2.21. The van der Waals surface area contributed by atoms with Gasteiger partial charge < -0.3 is 15.2 Å². The Bertz CT molecular complexity index is 145. The molecule has 0 amide bonds. The fourth-order valence-corrected chi connectivity index (χ4v) is 2.20. The van der Waals surface area contributed by atoms with Gasteiger partial charge in [0.05, 0.1) is 6.61 Å². The van der Waals surface area contributed by atoms with E-state index in [9.17, 15) is 0 Å². The maximum Gasteiger partial charge on any atom is 0.0642 e. The van der Waals surface area contributed by atoms with Crippen molar-refractivity contribution in [2.75, 3.05) is 31.8 Å². The number of rotatable bonds is 6. The summed E-state index contributed by atoms with van der Waals surface area (Å²) in [7, 11) is 1.70. The Kier molecular flexibility index (Phi) is 4.52. The molecule has 4 heteroatoms. The number of ether oxygens (including phenoxy) is 1. The van der Waals surface area contributed by atoms with Crippen LogP contribution in [0.3, 0.4) is 0 Å². The lowest BCUT2D eigenvalue weighted by Crippen LogP contribution is -2.56. The highest BCUT2D eigenvalue weighted by molar-refractivity contribution is 8.00. The molecule has 1 unspecified atom stereocenters. The van der Waals surface area contributed by atoms with Gasteiger partial charge in [0, 0.05) is 36.8 Å². The van der Waals surface area contributed by atoms with E-state index in [1.165, 1.54) is 11.5 Å². The van der Waals surface area contributed by atoms with Crippen molar-refractivity contribution in [1.82, 2.24) is 5.32 Å². The first-order valence-electron chi connectivity index (χ1n) is 4.65. The first-order valence-corrected chi connectivity index (χ1v) is 5.81. The largest absolute Gasteiger partial charge is 0.396 e. The van der Waals surface area contributed by atoms with E-state index < -0.39 is 0 Å². The Labute approximate surface area is 84.2 Å². The van der Waals surface area contributed by atoms with Gasteiger partial charge in [0.15, 0.2) is 0 Å². The molecule has 0 aliphatic carbocycles. The SMILES string of the molecule is COCC(C)(CCO)NC1CSC1. The Morgan fingerprint density at radius 2 is 2.31 bits per heavy atom. The molecule has 3 nitrogen and oxygen atoms in total. The number of hydrogen-bond acceptors (Lipinski definition) is 4. The summed E-state index contributed by atoms with van der Waals surface area (Å²) in [6.07, 6.45) is 0.752. The van der Waals surface area contributed by atoms with Gasteiger partial charge in [0.25, 0.3) is 0 Å². The lowest BCUT2D eigenvalue weighted by molar-refractivity contribution is 0.0926. The topological polar surface area (TPSA) is 41.5 Å². The van der Waals surface area contributed by atoms with Gasteiger partial charge in [0.2, 0.25) is 0 Å². The molecule has 1 aliphatic heterocycles. The quantitative estimate of drug-likeness (QED) is 0.662. The van der Waals surface area contributed by atoms with E-state index in [2.05, 4.69) is 12.2 Å². The van der Waals surface area contributed by atoms with Crippen LogP contribution in [-0.2, 0) is 4.74 Å². The second kappa shape index (κ2) is 5.20. The summed E-state index contributed by atoms with van der Waals surface area (Å²) in [6, 6.07) is 0.608. The maximum atomic E-state index is 8.93. The molecule has 1 fully saturated rings. The predicted octanol–water partition coefficient (Wildman–Crippen LogP) is 0.479. The number of aliphatic hydroxyl groups excluding tert-OH is 1. The van der Waals surface area contributed by atoms with Gasteiger partial charge in [-0.3, -0.25) is 0 Å². The fourth-order valence-electron chi connectivity index (χ4n) is 1.56. The minimum atomic E-state index is -0.0604. The Hall–Kier alpha value is 0.230. The highest BCUT2D eigenvalue weighted by atomic mass is 32.2. The number of methoxy groups -OCH3 is 1. The van der Waals surface area contributed by atoms with E-state index in [1.54, 1.807) is 7.11 Å². The van der Waals surface area contributed by atoms with Crippen molar-refractivity contribution in [3.05, 3.63) is 0 Å². The van der Waals surface area contributed by atoms with E-state index in [4.69, 9.17) is 9.84 Å². The minimum Gasteiger partial charge on any atom is -0.396 e. The normalized spacial score (nSPS) is 22.4. The Morgan fingerprint density at radius 3 is 2.69 bits per heavy atom. The molecule has 0 spiro atoms. The monoisotopic (exact) mass is 205 g/mol. The Balaban J connectivity index is 2.34. The van der Waals surface area contributed by atoms with Gasteiger partial charge in [-0.25, -0.2) is 0 Å². The third kappa shape index (κ3) is 3.46. The second-order valence-corrected chi connectivity index (χ2v) is 4.92. The van der Waals surface area contributed by atoms with E-state index in [0.717, 1.165) is 6.42 Å². The molecule has 0 radical (unpaired) electrons. The molecule has 0 saturated carbocycles. The molecule has 2 N–H and O–H groups in total. The zero-order valence-electron chi connectivity index (χ0n) is 8.38. The van der Waals surface area contributed by atoms with Crippen LogP contribution in [0.2, 0.25) is 0 Å². The van der Waals surface area contributed by atoms with Crippen molar-refractivity contribution in [3.8, 4) is 0 Å².